The van der Waals surface area contributed by atoms with Gasteiger partial charge < -0.3 is 9.80 Å². The Hall–Kier alpha value is -4.67. The van der Waals surface area contributed by atoms with Crippen molar-refractivity contribution in [3.63, 3.8) is 0 Å². The number of non-ortho nitro benzene ring substituents is 1. The number of benzene rings is 3. The molecule has 11 heteroatoms. The van der Waals surface area contributed by atoms with Gasteiger partial charge in [-0.2, -0.15) is 18.3 Å². The molecule has 8 nitrogen and oxygen atoms in total. The van der Waals surface area contributed by atoms with E-state index in [1.54, 1.807) is 17.0 Å². The smallest absolute Gasteiger partial charge is 0.368 e. The van der Waals surface area contributed by atoms with Crippen molar-refractivity contribution in [3.05, 3.63) is 105 Å². The monoisotopic (exact) mass is 549 g/mol. The van der Waals surface area contributed by atoms with Gasteiger partial charge in [0.2, 0.25) is 0 Å². The third-order valence-electron chi connectivity index (χ3n) is 7.14. The standard InChI is InChI=1S/C29H26F3N5O3/c1-19-6-7-21(16-20(19)2)26-18-27(36(33-26)23-8-10-24(11-9-23)37(39)40)28(38)35-14-12-34(13-15-35)25-5-3-4-22(17-25)29(30,31)32/h3-11,16-18H,12-15H2,1-2H3. The van der Waals surface area contributed by atoms with Crippen molar-refractivity contribution < 1.29 is 22.9 Å². The Bertz CT molecular complexity index is 1570. The molecule has 1 aliphatic heterocycles. The van der Waals surface area contributed by atoms with Crippen molar-refractivity contribution in [2.45, 2.75) is 20.0 Å². The molecule has 1 amide bonds. The van der Waals surface area contributed by atoms with Crippen molar-refractivity contribution in [1.29, 1.82) is 0 Å². The minimum absolute atomic E-state index is 0.0797. The quantitative estimate of drug-likeness (QED) is 0.224. The van der Waals surface area contributed by atoms with Gasteiger partial charge in [0, 0.05) is 49.6 Å². The summed E-state index contributed by atoms with van der Waals surface area (Å²) < 4.78 is 41.0. The van der Waals surface area contributed by atoms with Crippen molar-refractivity contribution in [2.24, 2.45) is 0 Å². The first kappa shape index (κ1) is 26.9. The first-order valence-electron chi connectivity index (χ1n) is 12.7. The Kier molecular flexibility index (Phi) is 7.05. The molecule has 3 aromatic carbocycles. The number of rotatable bonds is 5. The van der Waals surface area contributed by atoms with Crippen molar-refractivity contribution in [3.8, 4) is 16.9 Å². The minimum atomic E-state index is -4.43. The number of halogens is 3. The van der Waals surface area contributed by atoms with E-state index < -0.39 is 16.7 Å². The summed E-state index contributed by atoms with van der Waals surface area (Å²) in [7, 11) is 0. The van der Waals surface area contributed by atoms with Gasteiger partial charge in [-0.1, -0.05) is 18.2 Å². The highest BCUT2D eigenvalue weighted by Crippen LogP contribution is 2.32. The summed E-state index contributed by atoms with van der Waals surface area (Å²) in [6.45, 7) is 5.33. The first-order valence-corrected chi connectivity index (χ1v) is 12.7. The molecule has 5 rings (SSSR count). The number of nitrogens with zero attached hydrogens (tertiary/aromatic N) is 5. The zero-order valence-electron chi connectivity index (χ0n) is 21.9. The van der Waals surface area contributed by atoms with Crippen molar-refractivity contribution in [1.82, 2.24) is 14.7 Å². The van der Waals surface area contributed by atoms with E-state index in [1.807, 2.05) is 36.9 Å². The highest BCUT2D eigenvalue weighted by molar-refractivity contribution is 5.94. The highest BCUT2D eigenvalue weighted by Gasteiger charge is 2.32. The van der Waals surface area contributed by atoms with Gasteiger partial charge in [0.15, 0.2) is 0 Å². The summed E-state index contributed by atoms with van der Waals surface area (Å²) in [5.74, 6) is -0.287. The van der Waals surface area contributed by atoms with Crippen LogP contribution in [0.4, 0.5) is 24.5 Å². The van der Waals surface area contributed by atoms with E-state index in [1.165, 1.54) is 35.0 Å². The molecule has 2 heterocycles. The van der Waals surface area contributed by atoms with Gasteiger partial charge in [-0.15, -0.1) is 0 Å². The van der Waals surface area contributed by atoms with Crippen LogP contribution in [0.1, 0.15) is 27.2 Å². The Labute approximate surface area is 228 Å². The number of anilines is 1. The highest BCUT2D eigenvalue weighted by atomic mass is 19.4. The molecular formula is C29H26F3N5O3. The van der Waals surface area contributed by atoms with Crippen LogP contribution in [0.2, 0.25) is 0 Å². The molecule has 1 aliphatic rings. The van der Waals surface area contributed by atoms with Crippen LogP contribution in [-0.4, -0.2) is 51.7 Å². The van der Waals surface area contributed by atoms with Gasteiger partial charge in [-0.05, 0) is 67.4 Å². The largest absolute Gasteiger partial charge is 0.416 e. The second-order valence-corrected chi connectivity index (χ2v) is 9.73. The Morgan fingerprint density at radius 3 is 2.20 bits per heavy atom. The van der Waals surface area contributed by atoms with Crippen LogP contribution in [0.15, 0.2) is 72.8 Å². The third-order valence-corrected chi connectivity index (χ3v) is 7.14. The Balaban J connectivity index is 1.43. The second-order valence-electron chi connectivity index (χ2n) is 9.73. The maximum atomic E-state index is 13.8. The molecule has 0 bridgehead atoms. The fraction of sp³-hybridized carbons (Fsp3) is 0.241. The van der Waals surface area contributed by atoms with Crippen LogP contribution >= 0.6 is 0 Å². The number of carbonyl (C=O) groups is 1. The van der Waals surface area contributed by atoms with E-state index in [-0.39, 0.29) is 17.3 Å². The topological polar surface area (TPSA) is 84.5 Å². The lowest BCUT2D eigenvalue weighted by Crippen LogP contribution is -2.49. The summed E-state index contributed by atoms with van der Waals surface area (Å²) >= 11 is 0. The SMILES string of the molecule is Cc1ccc(-c2cc(C(=O)N3CCN(c4cccc(C(F)(F)F)c4)CC3)n(-c3ccc([N+](=O)[O-])cc3)n2)cc1C. The molecule has 206 valence electrons. The molecule has 1 aromatic heterocycles. The minimum Gasteiger partial charge on any atom is -0.368 e. The Morgan fingerprint density at radius 1 is 0.875 bits per heavy atom. The summed E-state index contributed by atoms with van der Waals surface area (Å²) in [5.41, 5.74) is 4.03. The second kappa shape index (κ2) is 10.5. The number of piperazine rings is 1. The van der Waals surface area contributed by atoms with E-state index in [4.69, 9.17) is 0 Å². The van der Waals surface area contributed by atoms with Crippen LogP contribution in [0, 0.1) is 24.0 Å². The van der Waals surface area contributed by atoms with E-state index in [2.05, 4.69) is 5.10 Å². The fourth-order valence-electron chi connectivity index (χ4n) is 4.70. The van der Waals surface area contributed by atoms with Gasteiger partial charge in [-0.25, -0.2) is 4.68 Å². The van der Waals surface area contributed by atoms with Gasteiger partial charge in [-0.3, -0.25) is 14.9 Å². The van der Waals surface area contributed by atoms with E-state index in [0.717, 1.165) is 28.8 Å². The van der Waals surface area contributed by atoms with E-state index >= 15 is 0 Å². The van der Waals surface area contributed by atoms with E-state index in [0.29, 0.717) is 43.2 Å². The number of carbonyl (C=O) groups excluding carboxylic acids is 1. The predicted molar refractivity (Wildman–Crippen MR) is 145 cm³/mol. The van der Waals surface area contributed by atoms with Gasteiger partial charge >= 0.3 is 6.18 Å². The molecule has 1 saturated heterocycles. The molecule has 4 aromatic rings. The molecular weight excluding hydrogens is 523 g/mol. The number of amides is 1. The summed E-state index contributed by atoms with van der Waals surface area (Å²) in [4.78, 5) is 27.9. The summed E-state index contributed by atoms with van der Waals surface area (Å²) in [6.07, 6.45) is -4.43. The normalized spacial score (nSPS) is 13.9. The van der Waals surface area contributed by atoms with E-state index in [9.17, 15) is 28.1 Å². The maximum Gasteiger partial charge on any atom is 0.416 e. The van der Waals surface area contributed by atoms with Crippen LogP contribution in [0.3, 0.4) is 0 Å². The number of hydrogen-bond donors (Lipinski definition) is 0. The zero-order valence-corrected chi connectivity index (χ0v) is 21.9. The lowest BCUT2D eigenvalue weighted by atomic mass is 10.0. The lowest BCUT2D eigenvalue weighted by Gasteiger charge is -2.36. The summed E-state index contributed by atoms with van der Waals surface area (Å²) in [6, 6.07) is 18.6. The Morgan fingerprint density at radius 2 is 1.57 bits per heavy atom. The molecule has 1 fully saturated rings. The number of nitro benzene ring substituents is 1. The molecule has 0 spiro atoms. The third kappa shape index (κ3) is 5.40. The number of aromatic nitrogens is 2. The molecule has 0 atom stereocenters. The number of hydrogen-bond acceptors (Lipinski definition) is 5. The van der Waals surface area contributed by atoms with Crippen LogP contribution in [-0.2, 0) is 6.18 Å². The van der Waals surface area contributed by atoms with Crippen molar-refractivity contribution >= 4 is 17.3 Å². The van der Waals surface area contributed by atoms with Crippen LogP contribution in [0.25, 0.3) is 16.9 Å². The predicted octanol–water partition coefficient (Wildman–Crippen LogP) is 6.05. The van der Waals surface area contributed by atoms with Crippen LogP contribution < -0.4 is 4.90 Å². The molecule has 40 heavy (non-hydrogen) atoms. The fourth-order valence-corrected chi connectivity index (χ4v) is 4.70. The molecule has 0 N–H and O–H groups in total. The molecule has 0 unspecified atom stereocenters. The lowest BCUT2D eigenvalue weighted by molar-refractivity contribution is -0.384. The molecule has 0 radical (unpaired) electrons. The first-order chi connectivity index (χ1) is 19.0. The van der Waals surface area contributed by atoms with Gasteiger partial charge in [0.05, 0.1) is 21.9 Å². The maximum absolute atomic E-state index is 13.8. The number of alkyl halides is 3. The zero-order chi connectivity index (χ0) is 28.6. The summed E-state index contributed by atoms with van der Waals surface area (Å²) in [5, 5.41) is 15.8. The van der Waals surface area contributed by atoms with Crippen molar-refractivity contribution in [2.75, 3.05) is 31.1 Å². The average molecular weight is 550 g/mol. The van der Waals surface area contributed by atoms with Gasteiger partial charge in [0.25, 0.3) is 11.6 Å². The molecule has 0 aliphatic carbocycles. The number of nitro groups is 1. The average Bonchev–Trinajstić information content (AvgIpc) is 3.39. The molecule has 0 saturated carbocycles. The van der Waals surface area contributed by atoms with Crippen LogP contribution in [0.5, 0.6) is 0 Å². The number of aryl methyl sites for hydroxylation is 2. The van der Waals surface area contributed by atoms with Gasteiger partial charge in [0.1, 0.15) is 5.69 Å².